The molecule has 0 bridgehead atoms. The Labute approximate surface area is 122 Å². The number of hydrogen-bond acceptors (Lipinski definition) is 2. The van der Waals surface area contributed by atoms with E-state index in [1.165, 1.54) is 6.07 Å². The molecule has 1 amide bonds. The molecule has 0 saturated carbocycles. The summed E-state index contributed by atoms with van der Waals surface area (Å²) in [6.07, 6.45) is 0.00934. The molecule has 2 rings (SSSR count). The molecule has 0 aliphatic heterocycles. The summed E-state index contributed by atoms with van der Waals surface area (Å²) >= 11 is 0. The van der Waals surface area contributed by atoms with Gasteiger partial charge in [0.25, 0.3) is 0 Å². The highest BCUT2D eigenvalue weighted by Crippen LogP contribution is 2.18. The maximum absolute atomic E-state index is 13.2. The molecule has 0 radical (unpaired) electrons. The van der Waals surface area contributed by atoms with Crippen LogP contribution in [-0.2, 0) is 11.2 Å². The van der Waals surface area contributed by atoms with Crippen molar-refractivity contribution < 1.29 is 13.6 Å². The van der Waals surface area contributed by atoms with Crippen molar-refractivity contribution in [2.45, 2.75) is 13.3 Å². The van der Waals surface area contributed by atoms with Crippen LogP contribution in [0.5, 0.6) is 0 Å². The number of benzene rings is 2. The van der Waals surface area contributed by atoms with Gasteiger partial charge >= 0.3 is 0 Å². The van der Waals surface area contributed by atoms with Crippen molar-refractivity contribution in [3.63, 3.8) is 0 Å². The Kier molecular flexibility index (Phi) is 4.52. The molecule has 0 fully saturated rings. The van der Waals surface area contributed by atoms with Crippen LogP contribution in [0.2, 0.25) is 0 Å². The fraction of sp³-hybridized carbons (Fsp3) is 0.188. The number of nitrogens with zero attached hydrogens (tertiary/aromatic N) is 1. The van der Waals surface area contributed by atoms with E-state index in [4.69, 9.17) is 5.73 Å². The molecule has 0 heterocycles. The van der Waals surface area contributed by atoms with Gasteiger partial charge in [0, 0.05) is 17.9 Å². The van der Waals surface area contributed by atoms with Crippen LogP contribution in [0.1, 0.15) is 12.5 Å². The zero-order chi connectivity index (χ0) is 15.4. The number of likely N-dealkylation sites (N-methyl/N-ethyl adjacent to an activating group) is 1. The summed E-state index contributed by atoms with van der Waals surface area (Å²) in [5.74, 6) is -2.05. The lowest BCUT2D eigenvalue weighted by molar-refractivity contribution is -0.117. The highest BCUT2D eigenvalue weighted by Gasteiger charge is 2.15. The molecule has 0 aliphatic rings. The Bertz CT molecular complexity index is 641. The molecule has 0 aliphatic carbocycles. The monoisotopic (exact) mass is 290 g/mol. The predicted octanol–water partition coefficient (Wildman–Crippen LogP) is 3.14. The summed E-state index contributed by atoms with van der Waals surface area (Å²) in [7, 11) is 0. The maximum Gasteiger partial charge on any atom is 0.231 e. The van der Waals surface area contributed by atoms with E-state index in [1.807, 2.05) is 6.92 Å². The first-order valence-corrected chi connectivity index (χ1v) is 6.61. The molecule has 0 spiro atoms. The van der Waals surface area contributed by atoms with Gasteiger partial charge in [0.15, 0.2) is 11.6 Å². The van der Waals surface area contributed by atoms with Gasteiger partial charge in [-0.25, -0.2) is 8.78 Å². The van der Waals surface area contributed by atoms with Crippen molar-refractivity contribution in [3.05, 3.63) is 59.7 Å². The molecule has 0 saturated heterocycles. The number of carbonyl (C=O) groups excluding carboxylic acids is 1. The van der Waals surface area contributed by atoms with Crippen molar-refractivity contribution >= 4 is 17.3 Å². The van der Waals surface area contributed by atoms with Crippen molar-refractivity contribution in [3.8, 4) is 0 Å². The van der Waals surface area contributed by atoms with Crippen LogP contribution in [0.3, 0.4) is 0 Å². The van der Waals surface area contributed by atoms with Gasteiger partial charge in [-0.15, -0.1) is 0 Å². The molecule has 3 nitrogen and oxygen atoms in total. The van der Waals surface area contributed by atoms with Crippen LogP contribution in [0.25, 0.3) is 0 Å². The minimum absolute atomic E-state index is 0.00934. The second kappa shape index (κ2) is 6.35. The topological polar surface area (TPSA) is 46.3 Å². The first kappa shape index (κ1) is 15.0. The number of carbonyl (C=O) groups is 1. The van der Waals surface area contributed by atoms with Crippen LogP contribution in [-0.4, -0.2) is 12.5 Å². The number of anilines is 2. The SMILES string of the molecule is CCN(C(=O)Cc1ccc(F)c(F)c1)c1ccc(N)cc1. The summed E-state index contributed by atoms with van der Waals surface area (Å²) in [6, 6.07) is 10.4. The van der Waals surface area contributed by atoms with E-state index in [9.17, 15) is 13.6 Å². The van der Waals surface area contributed by atoms with E-state index in [2.05, 4.69) is 0 Å². The van der Waals surface area contributed by atoms with Crippen molar-refractivity contribution in [2.24, 2.45) is 0 Å². The normalized spacial score (nSPS) is 10.4. The van der Waals surface area contributed by atoms with Gasteiger partial charge in [-0.1, -0.05) is 6.07 Å². The van der Waals surface area contributed by atoms with Crippen LogP contribution >= 0.6 is 0 Å². The minimum Gasteiger partial charge on any atom is -0.399 e. The summed E-state index contributed by atoms with van der Waals surface area (Å²) < 4.78 is 26.0. The number of amides is 1. The van der Waals surface area contributed by atoms with Gasteiger partial charge in [0.2, 0.25) is 5.91 Å². The number of nitrogen functional groups attached to an aromatic ring is 1. The molecule has 0 atom stereocenters. The maximum atomic E-state index is 13.2. The van der Waals surface area contributed by atoms with Crippen molar-refractivity contribution in [1.82, 2.24) is 0 Å². The lowest BCUT2D eigenvalue weighted by atomic mass is 10.1. The van der Waals surface area contributed by atoms with E-state index >= 15 is 0 Å². The fourth-order valence-corrected chi connectivity index (χ4v) is 2.08. The highest BCUT2D eigenvalue weighted by atomic mass is 19.2. The van der Waals surface area contributed by atoms with Gasteiger partial charge in [0.05, 0.1) is 6.42 Å². The third kappa shape index (κ3) is 3.56. The number of hydrogen-bond donors (Lipinski definition) is 1. The average molecular weight is 290 g/mol. The quantitative estimate of drug-likeness (QED) is 0.879. The molecule has 2 N–H and O–H groups in total. The Morgan fingerprint density at radius 1 is 1.10 bits per heavy atom. The average Bonchev–Trinajstić information content (AvgIpc) is 2.46. The van der Waals surface area contributed by atoms with Crippen LogP contribution in [0.15, 0.2) is 42.5 Å². The smallest absolute Gasteiger partial charge is 0.231 e. The first-order valence-electron chi connectivity index (χ1n) is 6.61. The van der Waals surface area contributed by atoms with E-state index < -0.39 is 11.6 Å². The summed E-state index contributed by atoms with van der Waals surface area (Å²) in [5, 5.41) is 0. The van der Waals surface area contributed by atoms with E-state index in [0.717, 1.165) is 17.8 Å². The van der Waals surface area contributed by atoms with Crippen molar-refractivity contribution in [1.29, 1.82) is 0 Å². The van der Waals surface area contributed by atoms with Crippen LogP contribution in [0.4, 0.5) is 20.2 Å². The minimum atomic E-state index is -0.948. The predicted molar refractivity (Wildman–Crippen MR) is 78.9 cm³/mol. The van der Waals surface area contributed by atoms with Crippen LogP contribution in [0, 0.1) is 11.6 Å². The largest absolute Gasteiger partial charge is 0.399 e. The number of rotatable bonds is 4. The van der Waals surface area contributed by atoms with Gasteiger partial charge in [0.1, 0.15) is 0 Å². The second-order valence-electron chi connectivity index (χ2n) is 4.65. The van der Waals surface area contributed by atoms with Crippen LogP contribution < -0.4 is 10.6 Å². The third-order valence-corrected chi connectivity index (χ3v) is 3.16. The Morgan fingerprint density at radius 2 is 1.76 bits per heavy atom. The molecule has 0 aromatic heterocycles. The standard InChI is InChI=1S/C16H16F2N2O/c1-2-20(13-6-4-12(19)5-7-13)16(21)10-11-3-8-14(17)15(18)9-11/h3-9H,2,10,19H2,1H3. The Hall–Kier alpha value is -2.43. The summed E-state index contributed by atoms with van der Waals surface area (Å²) in [5.41, 5.74) is 7.39. The van der Waals surface area contributed by atoms with Crippen molar-refractivity contribution in [2.75, 3.05) is 17.2 Å². The molecule has 2 aromatic rings. The fourth-order valence-electron chi connectivity index (χ4n) is 2.08. The summed E-state index contributed by atoms with van der Waals surface area (Å²) in [6.45, 7) is 2.33. The molecule has 21 heavy (non-hydrogen) atoms. The zero-order valence-corrected chi connectivity index (χ0v) is 11.6. The molecular weight excluding hydrogens is 274 g/mol. The summed E-state index contributed by atoms with van der Waals surface area (Å²) in [4.78, 5) is 13.9. The van der Waals surface area contributed by atoms with E-state index in [-0.39, 0.29) is 12.3 Å². The Balaban J connectivity index is 2.16. The third-order valence-electron chi connectivity index (χ3n) is 3.16. The highest BCUT2D eigenvalue weighted by molar-refractivity contribution is 5.94. The lowest BCUT2D eigenvalue weighted by Crippen LogP contribution is -2.32. The first-order chi connectivity index (χ1) is 10.0. The molecule has 110 valence electrons. The Morgan fingerprint density at radius 3 is 2.33 bits per heavy atom. The molecule has 0 unspecified atom stereocenters. The number of nitrogens with two attached hydrogens (primary N) is 1. The van der Waals surface area contributed by atoms with E-state index in [1.54, 1.807) is 29.2 Å². The molecule has 2 aromatic carbocycles. The van der Waals surface area contributed by atoms with Gasteiger partial charge in [-0.2, -0.15) is 0 Å². The van der Waals surface area contributed by atoms with Gasteiger partial charge in [-0.05, 0) is 48.9 Å². The van der Waals surface area contributed by atoms with Gasteiger partial charge < -0.3 is 10.6 Å². The zero-order valence-electron chi connectivity index (χ0n) is 11.6. The van der Waals surface area contributed by atoms with Gasteiger partial charge in [-0.3, -0.25) is 4.79 Å². The molecular formula is C16H16F2N2O. The second-order valence-corrected chi connectivity index (χ2v) is 4.65. The molecule has 5 heteroatoms. The number of halogens is 2. The van der Waals surface area contributed by atoms with E-state index in [0.29, 0.717) is 17.8 Å². The lowest BCUT2D eigenvalue weighted by Gasteiger charge is -2.21.